The van der Waals surface area contributed by atoms with E-state index in [2.05, 4.69) is 19.8 Å². The van der Waals surface area contributed by atoms with E-state index in [0.717, 1.165) is 32.1 Å². The van der Waals surface area contributed by atoms with Gasteiger partial charge in [-0.1, -0.05) is 31.4 Å². The minimum Gasteiger partial charge on any atom is -0.393 e. The van der Waals surface area contributed by atoms with Gasteiger partial charge in [-0.15, -0.1) is 6.42 Å². The van der Waals surface area contributed by atoms with Crippen molar-refractivity contribution in [2.75, 3.05) is 0 Å². The Bertz CT molecular complexity index is 619. The van der Waals surface area contributed by atoms with Crippen LogP contribution in [0.25, 0.3) is 0 Å². The van der Waals surface area contributed by atoms with Crippen LogP contribution < -0.4 is 0 Å². The molecule has 0 bridgehead atoms. The summed E-state index contributed by atoms with van der Waals surface area (Å²) in [6.07, 6.45) is 13.0. The van der Waals surface area contributed by atoms with Crippen molar-refractivity contribution in [1.82, 2.24) is 0 Å². The monoisotopic (exact) mass is 330 g/mol. The van der Waals surface area contributed by atoms with Crippen molar-refractivity contribution in [3.05, 3.63) is 11.6 Å². The third kappa shape index (κ3) is 1.91. The number of rotatable bonds is 0. The van der Waals surface area contributed by atoms with Crippen molar-refractivity contribution in [3.63, 3.8) is 0 Å². The summed E-state index contributed by atoms with van der Waals surface area (Å²) < 4.78 is 0. The molecule has 3 heteroatoms. The van der Waals surface area contributed by atoms with Gasteiger partial charge in [0, 0.05) is 5.41 Å². The molecule has 0 amide bonds. The summed E-state index contributed by atoms with van der Waals surface area (Å²) in [5.41, 5.74) is 0.0145. The predicted molar refractivity (Wildman–Crippen MR) is 92.9 cm³/mol. The second-order valence-corrected chi connectivity index (χ2v) is 9.29. The molecule has 132 valence electrons. The van der Waals surface area contributed by atoms with Crippen molar-refractivity contribution in [3.8, 4) is 12.3 Å². The van der Waals surface area contributed by atoms with E-state index in [1.54, 1.807) is 0 Å². The van der Waals surface area contributed by atoms with Crippen LogP contribution in [0.3, 0.4) is 0 Å². The van der Waals surface area contributed by atoms with Crippen LogP contribution in [0.2, 0.25) is 0 Å². The summed E-state index contributed by atoms with van der Waals surface area (Å²) in [7, 11) is 0. The van der Waals surface area contributed by atoms with Crippen LogP contribution in [0.1, 0.15) is 58.8 Å². The SMILES string of the molecule is C#C[C@@]1(O)CCC2C3C(CC[C@@]21C)[C@@]1(C)CC[C@H](O)CC1=C[C@H]3O. The highest BCUT2D eigenvalue weighted by Gasteiger charge is 2.64. The second-order valence-electron chi connectivity index (χ2n) is 9.29. The number of aliphatic hydroxyl groups excluding tert-OH is 2. The molecule has 0 aliphatic heterocycles. The summed E-state index contributed by atoms with van der Waals surface area (Å²) >= 11 is 0. The number of terminal acetylenes is 1. The van der Waals surface area contributed by atoms with E-state index >= 15 is 0 Å². The van der Waals surface area contributed by atoms with Crippen molar-refractivity contribution < 1.29 is 15.3 Å². The molecule has 3 fully saturated rings. The Kier molecular flexibility index (Phi) is 3.53. The first-order valence-corrected chi connectivity index (χ1v) is 9.53. The van der Waals surface area contributed by atoms with E-state index in [0.29, 0.717) is 18.8 Å². The molecule has 0 aromatic rings. The zero-order chi connectivity index (χ0) is 17.3. The van der Waals surface area contributed by atoms with Gasteiger partial charge in [0.15, 0.2) is 0 Å². The summed E-state index contributed by atoms with van der Waals surface area (Å²) in [5.74, 6) is 3.56. The van der Waals surface area contributed by atoms with Crippen LogP contribution in [-0.2, 0) is 0 Å². The fourth-order valence-electron chi connectivity index (χ4n) is 6.88. The fraction of sp³-hybridized carbons (Fsp3) is 0.810. The molecule has 0 aromatic heterocycles. The maximum absolute atomic E-state index is 11.0. The minimum atomic E-state index is -1.03. The molecule has 4 aliphatic rings. The molecule has 0 spiro atoms. The molecule has 3 unspecified atom stereocenters. The fourth-order valence-corrected chi connectivity index (χ4v) is 6.88. The van der Waals surface area contributed by atoms with Crippen molar-refractivity contribution in [2.24, 2.45) is 28.6 Å². The summed E-state index contributed by atoms with van der Waals surface area (Å²) in [6, 6.07) is 0. The summed E-state index contributed by atoms with van der Waals surface area (Å²) in [4.78, 5) is 0. The van der Waals surface area contributed by atoms with E-state index < -0.39 is 11.7 Å². The lowest BCUT2D eigenvalue weighted by Crippen LogP contribution is -2.57. The van der Waals surface area contributed by atoms with Crippen LogP contribution in [0.15, 0.2) is 11.6 Å². The van der Waals surface area contributed by atoms with E-state index in [-0.39, 0.29) is 28.8 Å². The molecule has 0 saturated heterocycles. The maximum atomic E-state index is 11.0. The highest BCUT2D eigenvalue weighted by atomic mass is 16.3. The zero-order valence-corrected chi connectivity index (χ0v) is 14.8. The van der Waals surface area contributed by atoms with Gasteiger partial charge in [-0.05, 0) is 68.1 Å². The number of aliphatic hydroxyl groups is 3. The Labute approximate surface area is 145 Å². The Morgan fingerprint density at radius 1 is 1.08 bits per heavy atom. The van der Waals surface area contributed by atoms with Crippen molar-refractivity contribution in [2.45, 2.75) is 76.6 Å². The molecule has 4 rings (SSSR count). The van der Waals surface area contributed by atoms with Gasteiger partial charge in [-0.25, -0.2) is 0 Å². The van der Waals surface area contributed by atoms with E-state index in [4.69, 9.17) is 6.42 Å². The van der Waals surface area contributed by atoms with Crippen LogP contribution in [-0.4, -0.2) is 33.1 Å². The van der Waals surface area contributed by atoms with Gasteiger partial charge in [0.05, 0.1) is 12.2 Å². The number of hydrogen-bond donors (Lipinski definition) is 3. The quantitative estimate of drug-likeness (QED) is 0.473. The molecule has 24 heavy (non-hydrogen) atoms. The van der Waals surface area contributed by atoms with Crippen LogP contribution in [0.4, 0.5) is 0 Å². The van der Waals surface area contributed by atoms with Crippen LogP contribution in [0.5, 0.6) is 0 Å². The lowest BCUT2D eigenvalue weighted by Gasteiger charge is -2.59. The first kappa shape index (κ1) is 16.6. The Balaban J connectivity index is 1.75. The topological polar surface area (TPSA) is 60.7 Å². The summed E-state index contributed by atoms with van der Waals surface area (Å²) in [6.45, 7) is 4.47. The van der Waals surface area contributed by atoms with Crippen LogP contribution in [0, 0.1) is 40.9 Å². The smallest absolute Gasteiger partial charge is 0.130 e. The Morgan fingerprint density at radius 2 is 1.79 bits per heavy atom. The third-order valence-electron chi connectivity index (χ3n) is 8.49. The molecule has 3 nitrogen and oxygen atoms in total. The predicted octanol–water partition coefficient (Wildman–Crippen LogP) is 2.65. The van der Waals surface area contributed by atoms with Gasteiger partial charge in [0.1, 0.15) is 5.60 Å². The Hall–Kier alpha value is -0.820. The second kappa shape index (κ2) is 5.10. The minimum absolute atomic E-state index is 0.0846. The molecule has 8 atom stereocenters. The normalized spacial score (nSPS) is 56.5. The summed E-state index contributed by atoms with van der Waals surface area (Å²) in [5, 5.41) is 32.0. The molecule has 0 aromatic carbocycles. The molecule has 0 heterocycles. The van der Waals surface area contributed by atoms with E-state index in [1.165, 1.54) is 5.57 Å². The molecule has 3 N–H and O–H groups in total. The highest BCUT2D eigenvalue weighted by molar-refractivity contribution is 5.30. The van der Waals surface area contributed by atoms with Gasteiger partial charge in [-0.3, -0.25) is 0 Å². The van der Waals surface area contributed by atoms with Crippen LogP contribution >= 0.6 is 0 Å². The first-order valence-electron chi connectivity index (χ1n) is 9.53. The molecule has 3 saturated carbocycles. The Morgan fingerprint density at radius 3 is 2.50 bits per heavy atom. The van der Waals surface area contributed by atoms with E-state index in [1.807, 2.05) is 6.08 Å². The molecule has 4 aliphatic carbocycles. The molecule has 0 radical (unpaired) electrons. The number of fused-ring (bicyclic) bond motifs is 5. The molecular weight excluding hydrogens is 300 g/mol. The average Bonchev–Trinajstić information content (AvgIpc) is 2.82. The average molecular weight is 330 g/mol. The maximum Gasteiger partial charge on any atom is 0.130 e. The van der Waals surface area contributed by atoms with Crippen molar-refractivity contribution >= 4 is 0 Å². The largest absolute Gasteiger partial charge is 0.393 e. The van der Waals surface area contributed by atoms with Gasteiger partial charge >= 0.3 is 0 Å². The lowest BCUT2D eigenvalue weighted by atomic mass is 9.46. The lowest BCUT2D eigenvalue weighted by molar-refractivity contribution is -0.123. The highest BCUT2D eigenvalue weighted by Crippen LogP contribution is 2.66. The van der Waals surface area contributed by atoms with E-state index in [9.17, 15) is 15.3 Å². The van der Waals surface area contributed by atoms with Crippen molar-refractivity contribution in [1.29, 1.82) is 0 Å². The molecular formula is C21H30O3. The standard InChI is InChI=1S/C21H30O3/c1-4-21(24)10-7-16-18-15(6-9-20(16,21)3)19(2)8-5-14(22)11-13(19)12-17(18)23/h1,12,14-18,22-24H,5-11H2,2-3H3/t14-,15?,16?,17+,18?,19-,20-,21+/m0/s1. The van der Waals surface area contributed by atoms with Gasteiger partial charge in [0.25, 0.3) is 0 Å². The third-order valence-corrected chi connectivity index (χ3v) is 8.49. The van der Waals surface area contributed by atoms with Gasteiger partial charge < -0.3 is 15.3 Å². The van der Waals surface area contributed by atoms with Gasteiger partial charge in [0.2, 0.25) is 0 Å². The van der Waals surface area contributed by atoms with Gasteiger partial charge in [-0.2, -0.15) is 0 Å². The number of hydrogen-bond acceptors (Lipinski definition) is 3. The zero-order valence-electron chi connectivity index (χ0n) is 14.8. The first-order chi connectivity index (χ1) is 11.2.